The summed E-state index contributed by atoms with van der Waals surface area (Å²) >= 11 is 0. The first kappa shape index (κ1) is 13.6. The molecule has 1 heterocycles. The summed E-state index contributed by atoms with van der Waals surface area (Å²) < 4.78 is 2.41. The highest BCUT2D eigenvalue weighted by molar-refractivity contribution is 5.77. The van der Waals surface area contributed by atoms with Gasteiger partial charge in [0.1, 0.15) is 5.82 Å². The van der Waals surface area contributed by atoms with Crippen LogP contribution in [0, 0.1) is 5.92 Å². The summed E-state index contributed by atoms with van der Waals surface area (Å²) in [4.78, 5) is 4.91. The molecule has 1 saturated carbocycles. The van der Waals surface area contributed by atoms with E-state index in [1.54, 1.807) is 0 Å². The Labute approximate surface area is 121 Å². The topological polar surface area (TPSA) is 43.8 Å². The second kappa shape index (κ2) is 5.57. The molecule has 1 aromatic heterocycles. The average Bonchev–Trinajstić information content (AvgIpc) is 3.04. The Kier molecular flexibility index (Phi) is 3.79. The maximum atomic E-state index is 5.74. The summed E-state index contributed by atoms with van der Waals surface area (Å²) in [5, 5.41) is 0. The predicted molar refractivity (Wildman–Crippen MR) is 83.7 cm³/mol. The lowest BCUT2D eigenvalue weighted by atomic mass is 10.0. The number of aromatic nitrogens is 2. The monoisotopic (exact) mass is 271 g/mol. The van der Waals surface area contributed by atoms with Crippen molar-refractivity contribution in [3.8, 4) is 0 Å². The average molecular weight is 271 g/mol. The minimum absolute atomic E-state index is 0.458. The first-order chi connectivity index (χ1) is 9.69. The van der Waals surface area contributed by atoms with Crippen LogP contribution < -0.4 is 5.73 Å². The van der Waals surface area contributed by atoms with Crippen LogP contribution in [-0.4, -0.2) is 9.55 Å². The molecule has 0 aliphatic heterocycles. The predicted octanol–water partition coefficient (Wildman–Crippen LogP) is 3.81. The van der Waals surface area contributed by atoms with Gasteiger partial charge in [0, 0.05) is 19.0 Å². The van der Waals surface area contributed by atoms with Gasteiger partial charge < -0.3 is 10.3 Å². The molecule has 0 amide bonds. The van der Waals surface area contributed by atoms with Crippen molar-refractivity contribution < 1.29 is 0 Å². The lowest BCUT2D eigenvalue weighted by molar-refractivity contribution is 0.495. The number of hydrogen-bond acceptors (Lipinski definition) is 2. The first-order valence-electron chi connectivity index (χ1n) is 7.89. The molecule has 3 heteroatoms. The maximum Gasteiger partial charge on any atom is 0.110 e. The van der Waals surface area contributed by atoms with E-state index < -0.39 is 0 Å². The van der Waals surface area contributed by atoms with Crippen molar-refractivity contribution in [2.75, 3.05) is 0 Å². The SMILES string of the molecule is CC(C)n1c(CC2CCCC2)nc2cc(CN)ccc21. The molecule has 1 aliphatic rings. The zero-order chi connectivity index (χ0) is 14.1. The van der Waals surface area contributed by atoms with Gasteiger partial charge in [-0.05, 0) is 37.5 Å². The van der Waals surface area contributed by atoms with Crippen LogP contribution in [0.2, 0.25) is 0 Å². The van der Waals surface area contributed by atoms with Crippen molar-refractivity contribution >= 4 is 11.0 Å². The van der Waals surface area contributed by atoms with Crippen molar-refractivity contribution in [1.29, 1.82) is 0 Å². The molecule has 20 heavy (non-hydrogen) atoms. The van der Waals surface area contributed by atoms with Gasteiger partial charge in [0.15, 0.2) is 0 Å². The van der Waals surface area contributed by atoms with Gasteiger partial charge in [0.05, 0.1) is 11.0 Å². The normalized spacial score (nSPS) is 16.6. The molecule has 3 nitrogen and oxygen atoms in total. The Balaban J connectivity index is 2.02. The number of nitrogens with two attached hydrogens (primary N) is 1. The first-order valence-corrected chi connectivity index (χ1v) is 7.89. The van der Waals surface area contributed by atoms with E-state index in [2.05, 4.69) is 36.6 Å². The van der Waals surface area contributed by atoms with Crippen LogP contribution in [-0.2, 0) is 13.0 Å². The van der Waals surface area contributed by atoms with Crippen LogP contribution in [0.15, 0.2) is 18.2 Å². The van der Waals surface area contributed by atoms with Crippen molar-refractivity contribution in [1.82, 2.24) is 9.55 Å². The fraction of sp³-hybridized carbons (Fsp3) is 0.588. The highest BCUT2D eigenvalue weighted by Gasteiger charge is 2.20. The van der Waals surface area contributed by atoms with Gasteiger partial charge in [-0.3, -0.25) is 0 Å². The zero-order valence-corrected chi connectivity index (χ0v) is 12.6. The second-order valence-electron chi connectivity index (χ2n) is 6.37. The van der Waals surface area contributed by atoms with Gasteiger partial charge in [-0.2, -0.15) is 0 Å². The Bertz CT molecular complexity index is 592. The molecule has 0 atom stereocenters. The molecule has 1 aromatic carbocycles. The minimum atomic E-state index is 0.458. The largest absolute Gasteiger partial charge is 0.326 e. The third-order valence-corrected chi connectivity index (χ3v) is 4.53. The molecule has 0 radical (unpaired) electrons. The van der Waals surface area contributed by atoms with Crippen LogP contribution in [0.1, 0.15) is 57.0 Å². The molecule has 1 fully saturated rings. The molecule has 1 aliphatic carbocycles. The lowest BCUT2D eigenvalue weighted by Gasteiger charge is -2.15. The van der Waals surface area contributed by atoms with E-state index in [-0.39, 0.29) is 0 Å². The number of nitrogens with zero attached hydrogens (tertiary/aromatic N) is 2. The van der Waals surface area contributed by atoms with Crippen LogP contribution in [0.5, 0.6) is 0 Å². The van der Waals surface area contributed by atoms with Crippen molar-refractivity contribution in [3.63, 3.8) is 0 Å². The summed E-state index contributed by atoms with van der Waals surface area (Å²) in [5.74, 6) is 2.09. The summed E-state index contributed by atoms with van der Waals surface area (Å²) in [7, 11) is 0. The number of fused-ring (bicyclic) bond motifs is 1. The van der Waals surface area contributed by atoms with E-state index in [0.29, 0.717) is 12.6 Å². The number of benzene rings is 1. The summed E-state index contributed by atoms with van der Waals surface area (Å²) in [6.07, 6.45) is 6.66. The smallest absolute Gasteiger partial charge is 0.110 e. The molecule has 0 spiro atoms. The molecular formula is C17H25N3. The second-order valence-corrected chi connectivity index (χ2v) is 6.37. The molecule has 2 aromatic rings. The summed E-state index contributed by atoms with van der Waals surface area (Å²) in [6.45, 7) is 5.08. The van der Waals surface area contributed by atoms with Crippen LogP contribution in [0.3, 0.4) is 0 Å². The van der Waals surface area contributed by atoms with Gasteiger partial charge in [0.2, 0.25) is 0 Å². The zero-order valence-electron chi connectivity index (χ0n) is 12.6. The van der Waals surface area contributed by atoms with Gasteiger partial charge in [0.25, 0.3) is 0 Å². The van der Waals surface area contributed by atoms with Crippen molar-refractivity contribution in [3.05, 3.63) is 29.6 Å². The van der Waals surface area contributed by atoms with Crippen LogP contribution in [0.25, 0.3) is 11.0 Å². The maximum absolute atomic E-state index is 5.74. The third-order valence-electron chi connectivity index (χ3n) is 4.53. The van der Waals surface area contributed by atoms with E-state index in [1.165, 1.54) is 42.6 Å². The Hall–Kier alpha value is -1.35. The lowest BCUT2D eigenvalue weighted by Crippen LogP contribution is -2.10. The van der Waals surface area contributed by atoms with Crippen LogP contribution in [0.4, 0.5) is 0 Å². The number of imidazole rings is 1. The van der Waals surface area contributed by atoms with E-state index in [4.69, 9.17) is 10.7 Å². The minimum Gasteiger partial charge on any atom is -0.326 e. The molecule has 2 N–H and O–H groups in total. The number of hydrogen-bond donors (Lipinski definition) is 1. The van der Waals surface area contributed by atoms with Crippen molar-refractivity contribution in [2.24, 2.45) is 11.7 Å². The van der Waals surface area contributed by atoms with E-state index in [9.17, 15) is 0 Å². The van der Waals surface area contributed by atoms with Crippen LogP contribution >= 0.6 is 0 Å². The highest BCUT2D eigenvalue weighted by Crippen LogP contribution is 2.30. The molecule has 0 unspecified atom stereocenters. The quantitative estimate of drug-likeness (QED) is 0.919. The Morgan fingerprint density at radius 1 is 1.30 bits per heavy atom. The van der Waals surface area contributed by atoms with E-state index in [0.717, 1.165) is 17.9 Å². The Morgan fingerprint density at radius 2 is 2.05 bits per heavy atom. The van der Waals surface area contributed by atoms with Crippen molar-refractivity contribution in [2.45, 2.75) is 58.5 Å². The van der Waals surface area contributed by atoms with Gasteiger partial charge in [-0.1, -0.05) is 31.7 Å². The Morgan fingerprint density at radius 3 is 2.70 bits per heavy atom. The van der Waals surface area contributed by atoms with E-state index >= 15 is 0 Å². The van der Waals surface area contributed by atoms with Gasteiger partial charge in [-0.15, -0.1) is 0 Å². The molecule has 3 rings (SSSR count). The molecule has 108 valence electrons. The third kappa shape index (κ3) is 2.47. The number of rotatable bonds is 4. The highest BCUT2D eigenvalue weighted by atomic mass is 15.1. The fourth-order valence-corrected chi connectivity index (χ4v) is 3.51. The summed E-state index contributed by atoms with van der Waals surface area (Å²) in [5.41, 5.74) is 9.27. The molecule has 0 bridgehead atoms. The van der Waals surface area contributed by atoms with Gasteiger partial charge in [-0.25, -0.2) is 4.98 Å². The molecular weight excluding hydrogens is 246 g/mol. The van der Waals surface area contributed by atoms with E-state index in [1.807, 2.05) is 0 Å². The molecule has 0 saturated heterocycles. The fourth-order valence-electron chi connectivity index (χ4n) is 3.51. The van der Waals surface area contributed by atoms with Gasteiger partial charge >= 0.3 is 0 Å². The summed E-state index contributed by atoms with van der Waals surface area (Å²) in [6, 6.07) is 6.91. The standard InChI is InChI=1S/C17H25N3/c1-12(2)20-16-8-7-14(11-18)9-15(16)19-17(20)10-13-5-3-4-6-13/h7-9,12-13H,3-6,10-11,18H2,1-2H3.